The van der Waals surface area contributed by atoms with Gasteiger partial charge < -0.3 is 23.7 Å². The Hall–Kier alpha value is -2.55. The van der Waals surface area contributed by atoms with E-state index in [0.29, 0.717) is 11.3 Å². The number of nitrogens with zero attached hydrogens (tertiary/aromatic N) is 1. The number of esters is 1. The molecule has 1 heterocycles. The van der Waals surface area contributed by atoms with Gasteiger partial charge in [0.05, 0.1) is 13.2 Å². The molecule has 0 spiro atoms. The van der Waals surface area contributed by atoms with Crippen LogP contribution in [0, 0.1) is 0 Å². The number of imide groups is 1. The number of carbonyl (C=O) groups excluding carboxylic acids is 3. The van der Waals surface area contributed by atoms with E-state index in [4.69, 9.17) is 23.7 Å². The van der Waals surface area contributed by atoms with Crippen LogP contribution in [0.1, 0.15) is 67.7 Å². The van der Waals surface area contributed by atoms with Gasteiger partial charge in [0, 0.05) is 6.42 Å². The van der Waals surface area contributed by atoms with Gasteiger partial charge in [0.2, 0.25) is 0 Å². The van der Waals surface area contributed by atoms with E-state index in [1.165, 1.54) is 0 Å². The van der Waals surface area contributed by atoms with Crippen molar-refractivity contribution in [2.75, 3.05) is 13.2 Å². The molecule has 1 saturated heterocycles. The van der Waals surface area contributed by atoms with Crippen molar-refractivity contribution in [2.24, 2.45) is 0 Å². The number of rotatable bonds is 3. The third kappa shape index (κ3) is 9.07. The number of allylic oxidation sites excluding steroid dienone is 3. The van der Waals surface area contributed by atoms with Gasteiger partial charge in [-0.25, -0.2) is 14.4 Å². The third-order valence-electron chi connectivity index (χ3n) is 4.52. The summed E-state index contributed by atoms with van der Waals surface area (Å²) in [4.78, 5) is 39.5. The second kappa shape index (κ2) is 11.0. The Morgan fingerprint density at radius 1 is 1.00 bits per heavy atom. The van der Waals surface area contributed by atoms with Gasteiger partial charge in [0.25, 0.3) is 0 Å². The maximum absolute atomic E-state index is 13.0. The molecule has 0 saturated carbocycles. The van der Waals surface area contributed by atoms with Crippen LogP contribution < -0.4 is 0 Å². The van der Waals surface area contributed by atoms with Crippen LogP contribution in [-0.4, -0.2) is 65.7 Å². The molecule has 1 aliphatic carbocycles. The molecular formula is C24H37NO8. The first-order valence-electron chi connectivity index (χ1n) is 11.3. The molecule has 9 heteroatoms. The normalized spacial score (nSPS) is 24.4. The molecule has 2 rings (SSSR count). The van der Waals surface area contributed by atoms with E-state index in [-0.39, 0.29) is 19.3 Å². The van der Waals surface area contributed by atoms with Crippen LogP contribution in [0.2, 0.25) is 0 Å². The van der Waals surface area contributed by atoms with Gasteiger partial charge in [-0.1, -0.05) is 6.08 Å². The van der Waals surface area contributed by atoms with Crippen LogP contribution in [0.15, 0.2) is 24.0 Å². The van der Waals surface area contributed by atoms with Gasteiger partial charge in [0.15, 0.2) is 6.04 Å². The summed E-state index contributed by atoms with van der Waals surface area (Å²) in [6.07, 6.45) is 5.27. The topological polar surface area (TPSA) is 101 Å². The van der Waals surface area contributed by atoms with Gasteiger partial charge in [-0.2, -0.15) is 4.90 Å². The van der Waals surface area contributed by atoms with Gasteiger partial charge in [-0.15, -0.1) is 0 Å². The molecule has 0 aromatic rings. The Kier molecular flexibility index (Phi) is 8.94. The van der Waals surface area contributed by atoms with Crippen molar-refractivity contribution >= 4 is 18.2 Å². The molecular weight excluding hydrogens is 430 g/mol. The first-order chi connectivity index (χ1) is 15.2. The summed E-state index contributed by atoms with van der Waals surface area (Å²) in [5, 5.41) is 0. The average Bonchev–Trinajstić information content (AvgIpc) is 2.70. The summed E-state index contributed by atoms with van der Waals surface area (Å²) < 4.78 is 28.1. The maximum atomic E-state index is 13.0. The lowest BCUT2D eigenvalue weighted by atomic mass is 10.1. The van der Waals surface area contributed by atoms with Crippen molar-refractivity contribution in [1.29, 1.82) is 0 Å². The molecule has 2 unspecified atom stereocenters. The molecule has 1 fully saturated rings. The Balaban J connectivity index is 2.23. The Morgan fingerprint density at radius 3 is 2.12 bits per heavy atom. The van der Waals surface area contributed by atoms with Crippen LogP contribution in [0.5, 0.6) is 0 Å². The number of hydrogen-bond donors (Lipinski definition) is 0. The van der Waals surface area contributed by atoms with Crippen LogP contribution in [0.25, 0.3) is 0 Å². The lowest BCUT2D eigenvalue weighted by molar-refractivity contribution is -0.155. The standard InChI is InChI=1S/C24H37NO8/c1-16-13-18(31-17-11-9-8-10-12-17)14-29-15-19(20(26)30-16)25(21(27)32-23(2,3)4)22(28)33-24(5,6)7/h9,11-12,16,18-19H,8,10,13-15H2,1-7H3/t16?,18?,19-/m0/s1. The average molecular weight is 468 g/mol. The lowest BCUT2D eigenvalue weighted by Crippen LogP contribution is -2.54. The van der Waals surface area contributed by atoms with Crippen LogP contribution in [-0.2, 0) is 28.5 Å². The molecule has 0 aromatic heterocycles. The molecule has 186 valence electrons. The van der Waals surface area contributed by atoms with Gasteiger partial charge in [-0.05, 0) is 73.5 Å². The fourth-order valence-corrected chi connectivity index (χ4v) is 3.22. The summed E-state index contributed by atoms with van der Waals surface area (Å²) >= 11 is 0. The third-order valence-corrected chi connectivity index (χ3v) is 4.52. The molecule has 2 amide bonds. The first-order valence-corrected chi connectivity index (χ1v) is 11.3. The van der Waals surface area contributed by atoms with E-state index in [1.807, 2.05) is 18.2 Å². The summed E-state index contributed by atoms with van der Waals surface area (Å²) in [6.45, 7) is 11.6. The van der Waals surface area contributed by atoms with Gasteiger partial charge in [0.1, 0.15) is 29.2 Å². The predicted molar refractivity (Wildman–Crippen MR) is 120 cm³/mol. The molecule has 0 aromatic carbocycles. The fraction of sp³-hybridized carbons (Fsp3) is 0.708. The lowest BCUT2D eigenvalue weighted by Gasteiger charge is -2.32. The Bertz CT molecular complexity index is 746. The molecule has 0 radical (unpaired) electrons. The molecule has 0 bridgehead atoms. The minimum atomic E-state index is -1.37. The Labute approximate surface area is 196 Å². The summed E-state index contributed by atoms with van der Waals surface area (Å²) in [5.41, 5.74) is -1.79. The van der Waals surface area contributed by atoms with E-state index < -0.39 is 41.5 Å². The summed E-state index contributed by atoms with van der Waals surface area (Å²) in [6, 6.07) is -1.37. The molecule has 2 aliphatic rings. The SMILES string of the molecule is CC1CC(OC2=CCCC=C2)COC[C@H](N(C(=O)OC(C)(C)C)C(=O)OC(C)(C)C)C(=O)O1. The van der Waals surface area contributed by atoms with E-state index in [9.17, 15) is 14.4 Å². The fourth-order valence-electron chi connectivity index (χ4n) is 3.22. The van der Waals surface area contributed by atoms with E-state index in [0.717, 1.165) is 18.6 Å². The zero-order valence-corrected chi connectivity index (χ0v) is 20.7. The summed E-state index contributed by atoms with van der Waals surface area (Å²) in [7, 11) is 0. The number of hydrogen-bond acceptors (Lipinski definition) is 8. The van der Waals surface area contributed by atoms with E-state index >= 15 is 0 Å². The highest BCUT2D eigenvalue weighted by Crippen LogP contribution is 2.22. The zero-order valence-electron chi connectivity index (χ0n) is 20.7. The monoisotopic (exact) mass is 467 g/mol. The van der Waals surface area contributed by atoms with Crippen molar-refractivity contribution in [2.45, 2.75) is 97.2 Å². The van der Waals surface area contributed by atoms with Gasteiger partial charge >= 0.3 is 18.2 Å². The second-order valence-electron chi connectivity index (χ2n) is 10.2. The van der Waals surface area contributed by atoms with Crippen molar-refractivity contribution in [3.63, 3.8) is 0 Å². The molecule has 1 aliphatic heterocycles. The van der Waals surface area contributed by atoms with Crippen LogP contribution in [0.4, 0.5) is 9.59 Å². The number of cyclic esters (lactones) is 1. The van der Waals surface area contributed by atoms with Crippen LogP contribution >= 0.6 is 0 Å². The maximum Gasteiger partial charge on any atom is 0.420 e. The van der Waals surface area contributed by atoms with Crippen molar-refractivity contribution in [3.8, 4) is 0 Å². The quantitative estimate of drug-likeness (QED) is 0.442. The minimum absolute atomic E-state index is 0.152. The second-order valence-corrected chi connectivity index (χ2v) is 10.2. The Morgan fingerprint density at radius 2 is 1.61 bits per heavy atom. The van der Waals surface area contributed by atoms with Crippen molar-refractivity contribution in [3.05, 3.63) is 24.0 Å². The van der Waals surface area contributed by atoms with E-state index in [1.54, 1.807) is 48.5 Å². The van der Waals surface area contributed by atoms with Crippen molar-refractivity contribution in [1.82, 2.24) is 4.90 Å². The largest absolute Gasteiger partial charge is 0.488 e. The zero-order chi connectivity index (χ0) is 24.8. The van der Waals surface area contributed by atoms with Crippen molar-refractivity contribution < 1.29 is 38.1 Å². The van der Waals surface area contributed by atoms with Crippen LogP contribution in [0.3, 0.4) is 0 Å². The highest BCUT2D eigenvalue weighted by molar-refractivity contribution is 5.94. The van der Waals surface area contributed by atoms with E-state index in [2.05, 4.69) is 0 Å². The molecule has 9 nitrogen and oxygen atoms in total. The first kappa shape index (κ1) is 26.7. The molecule has 33 heavy (non-hydrogen) atoms. The minimum Gasteiger partial charge on any atom is -0.488 e. The number of amides is 2. The predicted octanol–water partition coefficient (Wildman–Crippen LogP) is 4.50. The number of carbonyl (C=O) groups is 3. The van der Waals surface area contributed by atoms with Gasteiger partial charge in [-0.3, -0.25) is 0 Å². The molecule has 3 atom stereocenters. The smallest absolute Gasteiger partial charge is 0.420 e. The highest BCUT2D eigenvalue weighted by atomic mass is 16.6. The summed E-state index contributed by atoms with van der Waals surface area (Å²) in [5.74, 6) is -0.0371. The number of ether oxygens (including phenoxy) is 5. The molecule has 0 N–H and O–H groups in total. The highest BCUT2D eigenvalue weighted by Gasteiger charge is 2.42.